The molecule has 1 aliphatic rings. The summed E-state index contributed by atoms with van der Waals surface area (Å²) in [7, 11) is 0. The van der Waals surface area contributed by atoms with Gasteiger partial charge in [0.15, 0.2) is 0 Å². The van der Waals surface area contributed by atoms with Crippen molar-refractivity contribution in [2.24, 2.45) is 5.73 Å². The van der Waals surface area contributed by atoms with Crippen molar-refractivity contribution in [3.05, 3.63) is 59.9 Å². The smallest absolute Gasteiger partial charge is 0.251 e. The number of amides is 3. The van der Waals surface area contributed by atoms with Crippen LogP contribution in [0.5, 0.6) is 0 Å². The van der Waals surface area contributed by atoms with Crippen molar-refractivity contribution in [3.8, 4) is 0 Å². The number of nitrogens with zero attached hydrogens (tertiary/aromatic N) is 2. The summed E-state index contributed by atoms with van der Waals surface area (Å²) in [6.07, 6.45) is 5.53. The molecule has 1 fully saturated rings. The van der Waals surface area contributed by atoms with Gasteiger partial charge >= 0.3 is 0 Å². The van der Waals surface area contributed by atoms with E-state index in [-0.39, 0.29) is 24.1 Å². The largest absolute Gasteiger partial charge is 0.370 e. The van der Waals surface area contributed by atoms with Crippen LogP contribution in [0.15, 0.2) is 48.8 Å². The van der Waals surface area contributed by atoms with Crippen LogP contribution in [-0.4, -0.2) is 35.3 Å². The molecule has 7 heteroatoms. The highest BCUT2D eigenvalue weighted by Gasteiger charge is 2.31. The zero-order chi connectivity index (χ0) is 19.2. The summed E-state index contributed by atoms with van der Waals surface area (Å²) in [5.74, 6) is -0.769. The maximum atomic E-state index is 12.7. The Kier molecular flexibility index (Phi) is 5.80. The fraction of sp³-hybridized carbons (Fsp3) is 0.300. The molecule has 3 rings (SSSR count). The lowest BCUT2D eigenvalue weighted by molar-refractivity contribution is -0.121. The van der Waals surface area contributed by atoms with Crippen molar-refractivity contribution in [2.45, 2.75) is 31.7 Å². The van der Waals surface area contributed by atoms with Crippen molar-refractivity contribution in [2.75, 3.05) is 11.4 Å². The van der Waals surface area contributed by atoms with Crippen molar-refractivity contribution in [1.82, 2.24) is 10.3 Å². The van der Waals surface area contributed by atoms with E-state index in [9.17, 15) is 14.4 Å². The van der Waals surface area contributed by atoms with E-state index < -0.39 is 6.04 Å². The number of hydrogen-bond acceptors (Lipinski definition) is 4. The van der Waals surface area contributed by atoms with Crippen LogP contribution in [0.2, 0.25) is 0 Å². The van der Waals surface area contributed by atoms with Gasteiger partial charge in [0, 0.05) is 24.7 Å². The molecule has 0 aliphatic carbocycles. The number of carbonyl (C=O) groups is 3. The van der Waals surface area contributed by atoms with Crippen LogP contribution in [0, 0.1) is 0 Å². The third-order valence-corrected chi connectivity index (χ3v) is 4.58. The molecule has 0 radical (unpaired) electrons. The van der Waals surface area contributed by atoms with Gasteiger partial charge in [-0.1, -0.05) is 12.1 Å². The molecular weight excluding hydrogens is 344 g/mol. The van der Waals surface area contributed by atoms with E-state index in [2.05, 4.69) is 10.3 Å². The van der Waals surface area contributed by atoms with Crippen LogP contribution < -0.4 is 16.0 Å². The van der Waals surface area contributed by atoms with E-state index in [1.807, 2.05) is 6.07 Å². The van der Waals surface area contributed by atoms with Gasteiger partial charge in [0.05, 0.1) is 11.9 Å². The highest BCUT2D eigenvalue weighted by molar-refractivity contribution is 6.02. The van der Waals surface area contributed by atoms with E-state index in [1.165, 1.54) is 0 Å². The standard InChI is InChI=1S/C20H22N4O3/c21-18(25)10-7-14-5-8-15(9-6-14)19(26)23-17-4-2-12-24(20(17)27)16-3-1-11-22-13-16/h1,3,5-6,8-9,11,13,17H,2,4,7,10,12H2,(H2,21,25)(H,23,26). The molecule has 1 unspecified atom stereocenters. The maximum Gasteiger partial charge on any atom is 0.251 e. The first-order valence-electron chi connectivity index (χ1n) is 8.94. The fourth-order valence-corrected chi connectivity index (χ4v) is 3.11. The van der Waals surface area contributed by atoms with Gasteiger partial charge in [-0.25, -0.2) is 0 Å². The minimum atomic E-state index is -0.555. The first-order valence-corrected chi connectivity index (χ1v) is 8.94. The fourth-order valence-electron chi connectivity index (χ4n) is 3.11. The molecule has 1 aliphatic heterocycles. The van der Waals surface area contributed by atoms with Gasteiger partial charge < -0.3 is 16.0 Å². The molecule has 0 bridgehead atoms. The van der Waals surface area contributed by atoms with Crippen LogP contribution in [0.3, 0.4) is 0 Å². The van der Waals surface area contributed by atoms with E-state index >= 15 is 0 Å². The van der Waals surface area contributed by atoms with Crippen molar-refractivity contribution in [3.63, 3.8) is 0 Å². The molecule has 0 spiro atoms. The first kappa shape index (κ1) is 18.6. The molecule has 7 nitrogen and oxygen atoms in total. The Morgan fingerprint density at radius 2 is 2.00 bits per heavy atom. The average Bonchev–Trinajstić information content (AvgIpc) is 2.69. The molecule has 1 aromatic heterocycles. The second-order valence-corrected chi connectivity index (χ2v) is 6.53. The number of hydrogen-bond donors (Lipinski definition) is 2. The van der Waals surface area contributed by atoms with E-state index in [4.69, 9.17) is 5.73 Å². The van der Waals surface area contributed by atoms with Crippen LogP contribution in [0.25, 0.3) is 0 Å². The second kappa shape index (κ2) is 8.44. The molecule has 3 N–H and O–H groups in total. The lowest BCUT2D eigenvalue weighted by Gasteiger charge is -2.32. The zero-order valence-corrected chi connectivity index (χ0v) is 14.9. The number of benzene rings is 1. The summed E-state index contributed by atoms with van der Waals surface area (Å²) in [6, 6.07) is 10.0. The SMILES string of the molecule is NC(=O)CCc1ccc(C(=O)NC2CCCN(c3cccnc3)C2=O)cc1. The van der Waals surface area contributed by atoms with Crippen LogP contribution in [-0.2, 0) is 16.0 Å². The number of anilines is 1. The Hall–Kier alpha value is -3.22. The number of aromatic nitrogens is 1. The highest BCUT2D eigenvalue weighted by atomic mass is 16.2. The summed E-state index contributed by atoms with van der Waals surface area (Å²) in [5, 5.41) is 2.83. The number of pyridine rings is 1. The van der Waals surface area contributed by atoms with Gasteiger partial charge in [0.2, 0.25) is 11.8 Å². The molecular formula is C20H22N4O3. The topological polar surface area (TPSA) is 105 Å². The lowest BCUT2D eigenvalue weighted by Crippen LogP contribution is -2.52. The number of rotatable bonds is 6. The minimum absolute atomic E-state index is 0.124. The molecule has 2 heterocycles. The van der Waals surface area contributed by atoms with Crippen LogP contribution in [0.1, 0.15) is 35.2 Å². The normalized spacial score (nSPS) is 16.8. The predicted octanol–water partition coefficient (Wildman–Crippen LogP) is 1.42. The van der Waals surface area contributed by atoms with Gasteiger partial charge in [-0.2, -0.15) is 0 Å². The summed E-state index contributed by atoms with van der Waals surface area (Å²) in [6.45, 7) is 0.617. The van der Waals surface area contributed by atoms with E-state index in [0.717, 1.165) is 17.7 Å². The molecule has 0 saturated carbocycles. The zero-order valence-electron chi connectivity index (χ0n) is 14.9. The Morgan fingerprint density at radius 1 is 1.22 bits per heavy atom. The monoisotopic (exact) mass is 366 g/mol. The van der Waals surface area contributed by atoms with Crippen molar-refractivity contribution < 1.29 is 14.4 Å². The molecule has 3 amide bonds. The van der Waals surface area contributed by atoms with Gasteiger partial charge in [-0.3, -0.25) is 19.4 Å². The molecule has 27 heavy (non-hydrogen) atoms. The third kappa shape index (κ3) is 4.69. The Morgan fingerprint density at radius 3 is 2.67 bits per heavy atom. The van der Waals surface area contributed by atoms with Crippen LogP contribution in [0.4, 0.5) is 5.69 Å². The third-order valence-electron chi connectivity index (χ3n) is 4.58. The second-order valence-electron chi connectivity index (χ2n) is 6.53. The van der Waals surface area contributed by atoms with Crippen LogP contribution >= 0.6 is 0 Å². The quantitative estimate of drug-likeness (QED) is 0.806. The number of nitrogens with two attached hydrogens (primary N) is 1. The van der Waals surface area contributed by atoms with Gasteiger partial charge in [0.25, 0.3) is 5.91 Å². The Balaban J connectivity index is 1.63. The Labute approximate surface area is 157 Å². The van der Waals surface area contributed by atoms with Gasteiger partial charge in [-0.15, -0.1) is 0 Å². The molecule has 1 saturated heterocycles. The van der Waals surface area contributed by atoms with Crippen molar-refractivity contribution in [1.29, 1.82) is 0 Å². The molecule has 2 aromatic rings. The summed E-state index contributed by atoms with van der Waals surface area (Å²) in [4.78, 5) is 41.8. The molecule has 140 valence electrons. The lowest BCUT2D eigenvalue weighted by atomic mass is 10.0. The maximum absolute atomic E-state index is 12.7. The van der Waals surface area contributed by atoms with E-state index in [0.29, 0.717) is 24.9 Å². The number of aryl methyl sites for hydroxylation is 1. The number of carbonyl (C=O) groups excluding carboxylic acids is 3. The number of nitrogens with one attached hydrogen (secondary N) is 1. The number of piperidine rings is 1. The Bertz CT molecular complexity index is 821. The van der Waals surface area contributed by atoms with Gasteiger partial charge in [0.1, 0.15) is 6.04 Å². The first-order chi connectivity index (χ1) is 13.0. The summed E-state index contributed by atoms with van der Waals surface area (Å²) < 4.78 is 0. The predicted molar refractivity (Wildman–Crippen MR) is 101 cm³/mol. The minimum Gasteiger partial charge on any atom is -0.370 e. The number of primary amides is 1. The average molecular weight is 366 g/mol. The van der Waals surface area contributed by atoms with Gasteiger partial charge in [-0.05, 0) is 49.1 Å². The summed E-state index contributed by atoms with van der Waals surface area (Å²) >= 11 is 0. The highest BCUT2D eigenvalue weighted by Crippen LogP contribution is 2.20. The molecule has 1 atom stereocenters. The molecule has 1 aromatic carbocycles. The summed E-state index contributed by atoms with van der Waals surface area (Å²) in [5.41, 5.74) is 7.29. The van der Waals surface area contributed by atoms with Crippen molar-refractivity contribution >= 4 is 23.4 Å². The van der Waals surface area contributed by atoms with E-state index in [1.54, 1.807) is 47.6 Å².